The van der Waals surface area contributed by atoms with Gasteiger partial charge >= 0.3 is 0 Å². The van der Waals surface area contributed by atoms with Crippen molar-refractivity contribution in [2.45, 2.75) is 37.6 Å². The van der Waals surface area contributed by atoms with Crippen molar-refractivity contribution in [2.24, 2.45) is 5.41 Å². The van der Waals surface area contributed by atoms with Gasteiger partial charge in [-0.2, -0.15) is 0 Å². The number of hydrogen-bond donors (Lipinski definition) is 0. The standard InChI is InChI=1S/C8H9F2N/c1-11-6-2-7(3-6)4-8(9,10)5-7/h6H,2-5H2. The van der Waals surface area contributed by atoms with Gasteiger partial charge in [0.05, 0.1) is 0 Å². The molecule has 11 heavy (non-hydrogen) atoms. The van der Waals surface area contributed by atoms with Crippen LogP contribution in [0, 0.1) is 12.0 Å². The number of halogens is 2. The summed E-state index contributed by atoms with van der Waals surface area (Å²) in [5.41, 5.74) is -0.112. The van der Waals surface area contributed by atoms with Gasteiger partial charge in [0.1, 0.15) is 0 Å². The van der Waals surface area contributed by atoms with Crippen molar-refractivity contribution in [3.05, 3.63) is 11.4 Å². The Labute approximate surface area is 64.2 Å². The lowest BCUT2D eigenvalue weighted by Crippen LogP contribution is -2.54. The molecule has 60 valence electrons. The van der Waals surface area contributed by atoms with Gasteiger partial charge in [0.15, 0.2) is 0 Å². The summed E-state index contributed by atoms with van der Waals surface area (Å²) in [6.45, 7) is 6.67. The lowest BCUT2D eigenvalue weighted by Gasteiger charge is -2.53. The van der Waals surface area contributed by atoms with E-state index in [1.807, 2.05) is 0 Å². The van der Waals surface area contributed by atoms with Gasteiger partial charge in [0.25, 0.3) is 0 Å². The van der Waals surface area contributed by atoms with Crippen molar-refractivity contribution in [3.8, 4) is 0 Å². The number of hydrogen-bond acceptors (Lipinski definition) is 0. The van der Waals surface area contributed by atoms with Crippen molar-refractivity contribution < 1.29 is 8.78 Å². The Bertz CT molecular complexity index is 213. The fourth-order valence-electron chi connectivity index (χ4n) is 2.37. The second-order valence-electron chi connectivity index (χ2n) is 3.90. The third-order valence-corrected chi connectivity index (χ3v) is 2.79. The van der Waals surface area contributed by atoms with Gasteiger partial charge < -0.3 is 4.85 Å². The van der Waals surface area contributed by atoms with Crippen molar-refractivity contribution in [1.82, 2.24) is 0 Å². The third-order valence-electron chi connectivity index (χ3n) is 2.79. The van der Waals surface area contributed by atoms with Crippen molar-refractivity contribution in [2.75, 3.05) is 0 Å². The first-order valence-corrected chi connectivity index (χ1v) is 3.80. The zero-order valence-corrected chi connectivity index (χ0v) is 6.11. The minimum atomic E-state index is -2.41. The summed E-state index contributed by atoms with van der Waals surface area (Å²) >= 11 is 0. The van der Waals surface area contributed by atoms with Crippen molar-refractivity contribution in [3.63, 3.8) is 0 Å². The molecule has 0 aromatic rings. The molecule has 0 aromatic heterocycles. The van der Waals surface area contributed by atoms with E-state index in [0.29, 0.717) is 12.8 Å². The van der Waals surface area contributed by atoms with E-state index < -0.39 is 5.92 Å². The van der Waals surface area contributed by atoms with Crippen LogP contribution < -0.4 is 0 Å². The highest BCUT2D eigenvalue weighted by Crippen LogP contribution is 2.63. The summed E-state index contributed by atoms with van der Waals surface area (Å²) in [5.74, 6) is -2.41. The summed E-state index contributed by atoms with van der Waals surface area (Å²) in [6, 6.07) is 0.0473. The molecule has 2 aliphatic rings. The first kappa shape index (κ1) is 7.02. The van der Waals surface area contributed by atoms with Gasteiger partial charge in [-0.1, -0.05) is 0 Å². The van der Waals surface area contributed by atoms with Crippen LogP contribution in [0.2, 0.25) is 0 Å². The highest BCUT2D eigenvalue weighted by Gasteiger charge is 2.64. The number of rotatable bonds is 0. The van der Waals surface area contributed by atoms with Gasteiger partial charge in [-0.25, -0.2) is 15.4 Å². The summed E-state index contributed by atoms with van der Waals surface area (Å²) in [4.78, 5) is 3.32. The average molecular weight is 157 g/mol. The third kappa shape index (κ3) is 0.926. The molecule has 0 radical (unpaired) electrons. The van der Waals surface area contributed by atoms with Crippen LogP contribution in [0.25, 0.3) is 4.85 Å². The topological polar surface area (TPSA) is 4.36 Å². The minimum absolute atomic E-state index is 0.0337. The van der Waals surface area contributed by atoms with Gasteiger partial charge in [0, 0.05) is 25.7 Å². The molecule has 2 saturated carbocycles. The maximum Gasteiger partial charge on any atom is 0.249 e. The second-order valence-corrected chi connectivity index (χ2v) is 3.90. The molecule has 0 aliphatic heterocycles. The molecule has 0 aromatic carbocycles. The zero-order chi connectivity index (χ0) is 8.11. The van der Waals surface area contributed by atoms with Crippen LogP contribution in [-0.2, 0) is 0 Å². The molecular formula is C8H9F2N. The Hall–Kier alpha value is -0.650. The van der Waals surface area contributed by atoms with Crippen molar-refractivity contribution in [1.29, 1.82) is 0 Å². The van der Waals surface area contributed by atoms with E-state index in [4.69, 9.17) is 6.57 Å². The minimum Gasteiger partial charge on any atom is -0.314 e. The molecule has 3 heteroatoms. The molecule has 0 unspecified atom stereocenters. The van der Waals surface area contributed by atoms with Crippen LogP contribution in [0.1, 0.15) is 25.7 Å². The average Bonchev–Trinajstić information content (AvgIpc) is 1.75. The summed E-state index contributed by atoms with van der Waals surface area (Å²) < 4.78 is 24.8. The maximum atomic E-state index is 12.4. The Morgan fingerprint density at radius 1 is 1.27 bits per heavy atom. The van der Waals surface area contributed by atoms with Gasteiger partial charge in [0.2, 0.25) is 12.0 Å². The maximum absolute atomic E-state index is 12.4. The SMILES string of the molecule is [C-]#[N+]C1CC2(C1)CC(F)(F)C2. The van der Waals surface area contributed by atoms with Crippen LogP contribution in [0.4, 0.5) is 8.78 Å². The molecule has 0 amide bonds. The largest absolute Gasteiger partial charge is 0.314 e. The van der Waals surface area contributed by atoms with Crippen LogP contribution >= 0.6 is 0 Å². The van der Waals surface area contributed by atoms with Crippen molar-refractivity contribution >= 4 is 0 Å². The molecule has 1 nitrogen and oxygen atoms in total. The molecule has 2 aliphatic carbocycles. The number of nitrogens with zero attached hydrogens (tertiary/aromatic N) is 1. The molecular weight excluding hydrogens is 148 g/mol. The predicted octanol–water partition coefficient (Wildman–Crippen LogP) is 2.48. The Morgan fingerprint density at radius 3 is 2.18 bits per heavy atom. The highest BCUT2D eigenvalue weighted by atomic mass is 19.3. The first-order valence-electron chi connectivity index (χ1n) is 3.80. The van der Waals surface area contributed by atoms with Crippen LogP contribution in [0.15, 0.2) is 0 Å². The predicted molar refractivity (Wildman–Crippen MR) is 36.2 cm³/mol. The van der Waals surface area contributed by atoms with E-state index in [1.54, 1.807) is 0 Å². The van der Waals surface area contributed by atoms with Crippen LogP contribution in [-0.4, -0.2) is 12.0 Å². The summed E-state index contributed by atoms with van der Waals surface area (Å²) in [6.07, 6.45) is 1.50. The highest BCUT2D eigenvalue weighted by molar-refractivity contribution is 5.11. The Balaban J connectivity index is 1.89. The van der Waals surface area contributed by atoms with Crippen LogP contribution in [0.5, 0.6) is 0 Å². The van der Waals surface area contributed by atoms with E-state index >= 15 is 0 Å². The van der Waals surface area contributed by atoms with Gasteiger partial charge in [-0.15, -0.1) is 0 Å². The molecule has 0 saturated heterocycles. The zero-order valence-electron chi connectivity index (χ0n) is 6.11. The lowest BCUT2D eigenvalue weighted by molar-refractivity contribution is -0.191. The normalized spacial score (nSPS) is 32.1. The number of alkyl halides is 2. The molecule has 0 bridgehead atoms. The van der Waals surface area contributed by atoms with E-state index in [0.717, 1.165) is 0 Å². The second kappa shape index (κ2) is 1.74. The molecule has 2 fully saturated rings. The Morgan fingerprint density at radius 2 is 1.82 bits per heavy atom. The van der Waals surface area contributed by atoms with E-state index in [1.165, 1.54) is 0 Å². The molecule has 1 spiro atoms. The quantitative estimate of drug-likeness (QED) is 0.476. The smallest absolute Gasteiger partial charge is 0.249 e. The first-order chi connectivity index (χ1) is 5.05. The molecule has 0 atom stereocenters. The van der Waals surface area contributed by atoms with Gasteiger partial charge in [-0.05, 0) is 5.41 Å². The summed E-state index contributed by atoms with van der Waals surface area (Å²) in [7, 11) is 0. The Kier molecular flexibility index (Phi) is 1.11. The van der Waals surface area contributed by atoms with Crippen LogP contribution in [0.3, 0.4) is 0 Å². The fourth-order valence-corrected chi connectivity index (χ4v) is 2.37. The van der Waals surface area contributed by atoms with E-state index in [-0.39, 0.29) is 24.3 Å². The van der Waals surface area contributed by atoms with E-state index in [2.05, 4.69) is 4.85 Å². The molecule has 0 heterocycles. The van der Waals surface area contributed by atoms with Gasteiger partial charge in [-0.3, -0.25) is 0 Å². The fraction of sp³-hybridized carbons (Fsp3) is 0.875. The monoisotopic (exact) mass is 157 g/mol. The summed E-state index contributed by atoms with van der Waals surface area (Å²) in [5, 5.41) is 0. The lowest BCUT2D eigenvalue weighted by atomic mass is 9.52. The van der Waals surface area contributed by atoms with E-state index in [9.17, 15) is 8.78 Å². The molecule has 2 rings (SSSR count). The molecule has 0 N–H and O–H groups in total.